The van der Waals surface area contributed by atoms with E-state index in [0.717, 1.165) is 36.4 Å². The van der Waals surface area contributed by atoms with Crippen molar-refractivity contribution in [1.82, 2.24) is 14.8 Å². The topological polar surface area (TPSA) is 60.0 Å². The number of fused-ring (bicyclic) bond motifs is 1. The number of hydrogen-bond acceptors (Lipinski definition) is 4. The maximum Gasteiger partial charge on any atom is 0.152 e. The van der Waals surface area contributed by atoms with E-state index in [0.29, 0.717) is 6.54 Å². The molecular weight excluding hydrogens is 306 g/mol. The molecule has 1 aliphatic rings. The summed E-state index contributed by atoms with van der Waals surface area (Å²) in [5.41, 5.74) is 8.07. The van der Waals surface area contributed by atoms with Gasteiger partial charge in [-0.05, 0) is 30.7 Å². The fourth-order valence-corrected chi connectivity index (χ4v) is 2.94. The lowest BCUT2D eigenvalue weighted by atomic mass is 10.1. The van der Waals surface area contributed by atoms with E-state index in [2.05, 4.69) is 53.8 Å². The van der Waals surface area contributed by atoms with Gasteiger partial charge in [-0.25, -0.2) is 0 Å². The van der Waals surface area contributed by atoms with Gasteiger partial charge in [0.05, 0.1) is 6.54 Å². The second-order valence-electron chi connectivity index (χ2n) is 4.68. The molecule has 1 aliphatic heterocycles. The molecule has 0 spiro atoms. The van der Waals surface area contributed by atoms with Crippen LogP contribution in [0.5, 0.6) is 0 Å². The van der Waals surface area contributed by atoms with Gasteiger partial charge in [-0.15, -0.1) is 10.2 Å². The number of aromatic nitrogens is 3. The Labute approximate surface area is 120 Å². The van der Waals surface area contributed by atoms with Crippen LogP contribution in [0.3, 0.4) is 0 Å². The SMILES string of the molecule is NCCc1ccc(N2CCn3cnnc3C2)cc1Br. The van der Waals surface area contributed by atoms with Gasteiger partial charge in [-0.2, -0.15) is 0 Å². The molecular formula is C13H16BrN5. The standard InChI is InChI=1S/C13H16BrN5/c14-12-7-11(2-1-10(12)3-4-15)18-5-6-19-9-16-17-13(19)8-18/h1-2,7,9H,3-6,8,15H2. The quantitative estimate of drug-likeness (QED) is 0.932. The summed E-state index contributed by atoms with van der Waals surface area (Å²) in [6, 6.07) is 6.46. The third-order valence-electron chi connectivity index (χ3n) is 3.45. The van der Waals surface area contributed by atoms with Gasteiger partial charge in [0, 0.05) is 23.2 Å². The van der Waals surface area contributed by atoms with Crippen molar-refractivity contribution in [2.45, 2.75) is 19.5 Å². The van der Waals surface area contributed by atoms with Crippen molar-refractivity contribution in [3.8, 4) is 0 Å². The lowest BCUT2D eigenvalue weighted by Gasteiger charge is -2.29. The molecule has 2 heterocycles. The zero-order valence-corrected chi connectivity index (χ0v) is 12.2. The maximum absolute atomic E-state index is 5.60. The monoisotopic (exact) mass is 321 g/mol. The third-order valence-corrected chi connectivity index (χ3v) is 4.19. The van der Waals surface area contributed by atoms with Gasteiger partial charge >= 0.3 is 0 Å². The summed E-state index contributed by atoms with van der Waals surface area (Å²) in [5, 5.41) is 8.10. The summed E-state index contributed by atoms with van der Waals surface area (Å²) in [6.45, 7) is 3.39. The van der Waals surface area contributed by atoms with Crippen LogP contribution < -0.4 is 10.6 Å². The molecule has 5 nitrogen and oxygen atoms in total. The fourth-order valence-electron chi connectivity index (χ4n) is 2.38. The maximum atomic E-state index is 5.60. The average Bonchev–Trinajstić information content (AvgIpc) is 2.88. The summed E-state index contributed by atoms with van der Waals surface area (Å²) < 4.78 is 3.23. The van der Waals surface area contributed by atoms with Crippen molar-refractivity contribution in [2.24, 2.45) is 5.73 Å². The van der Waals surface area contributed by atoms with Crippen molar-refractivity contribution in [1.29, 1.82) is 0 Å². The second-order valence-corrected chi connectivity index (χ2v) is 5.53. The van der Waals surface area contributed by atoms with Gasteiger partial charge in [0.15, 0.2) is 5.82 Å². The molecule has 2 N–H and O–H groups in total. The summed E-state index contributed by atoms with van der Waals surface area (Å²) >= 11 is 3.62. The molecule has 0 amide bonds. The number of hydrogen-bond donors (Lipinski definition) is 1. The van der Waals surface area contributed by atoms with Crippen molar-refractivity contribution < 1.29 is 0 Å². The number of nitrogens with zero attached hydrogens (tertiary/aromatic N) is 4. The second kappa shape index (κ2) is 5.30. The Balaban J connectivity index is 1.82. The molecule has 0 unspecified atom stereocenters. The molecule has 6 heteroatoms. The molecule has 0 aliphatic carbocycles. The molecule has 1 aromatic heterocycles. The minimum Gasteiger partial charge on any atom is -0.362 e. The van der Waals surface area contributed by atoms with E-state index in [4.69, 9.17) is 5.73 Å². The first-order valence-corrected chi connectivity index (χ1v) is 7.17. The summed E-state index contributed by atoms with van der Waals surface area (Å²) in [4.78, 5) is 2.32. The molecule has 2 aromatic rings. The predicted octanol–water partition coefficient (Wildman–Crippen LogP) is 1.56. The predicted molar refractivity (Wildman–Crippen MR) is 78.0 cm³/mol. The Morgan fingerprint density at radius 1 is 1.32 bits per heavy atom. The molecule has 3 rings (SSSR count). The molecule has 0 saturated carbocycles. The van der Waals surface area contributed by atoms with E-state index in [1.807, 2.05) is 0 Å². The lowest BCUT2D eigenvalue weighted by Crippen LogP contribution is -2.33. The van der Waals surface area contributed by atoms with Crippen LogP contribution in [0.1, 0.15) is 11.4 Å². The van der Waals surface area contributed by atoms with E-state index >= 15 is 0 Å². The number of anilines is 1. The number of rotatable bonds is 3. The lowest BCUT2D eigenvalue weighted by molar-refractivity contribution is 0.560. The Kier molecular flexibility index (Phi) is 3.52. The molecule has 1 aromatic carbocycles. The van der Waals surface area contributed by atoms with Crippen LogP contribution in [0.15, 0.2) is 29.0 Å². The first kappa shape index (κ1) is 12.6. The van der Waals surface area contributed by atoms with Crippen molar-refractivity contribution in [2.75, 3.05) is 18.0 Å². The minimum atomic E-state index is 0.671. The number of benzene rings is 1. The van der Waals surface area contributed by atoms with Gasteiger partial charge in [0.25, 0.3) is 0 Å². The van der Waals surface area contributed by atoms with Gasteiger partial charge in [0.2, 0.25) is 0 Å². The van der Waals surface area contributed by atoms with E-state index in [-0.39, 0.29) is 0 Å². The highest BCUT2D eigenvalue weighted by Crippen LogP contribution is 2.26. The highest BCUT2D eigenvalue weighted by Gasteiger charge is 2.18. The zero-order valence-electron chi connectivity index (χ0n) is 10.6. The minimum absolute atomic E-state index is 0.671. The Morgan fingerprint density at radius 3 is 3.00 bits per heavy atom. The number of nitrogens with two attached hydrogens (primary N) is 1. The molecule has 0 fully saturated rings. The number of halogens is 1. The first-order valence-electron chi connectivity index (χ1n) is 6.38. The van der Waals surface area contributed by atoms with Gasteiger partial charge in [-0.3, -0.25) is 0 Å². The molecule has 0 bridgehead atoms. The molecule has 0 saturated heterocycles. The van der Waals surface area contributed by atoms with Crippen molar-refractivity contribution >= 4 is 21.6 Å². The zero-order chi connectivity index (χ0) is 13.2. The van der Waals surface area contributed by atoms with Crippen LogP contribution in [-0.2, 0) is 19.5 Å². The van der Waals surface area contributed by atoms with Gasteiger partial charge in [0.1, 0.15) is 6.33 Å². The van der Waals surface area contributed by atoms with Crippen molar-refractivity contribution in [3.63, 3.8) is 0 Å². The van der Waals surface area contributed by atoms with E-state index in [9.17, 15) is 0 Å². The highest BCUT2D eigenvalue weighted by molar-refractivity contribution is 9.10. The van der Waals surface area contributed by atoms with E-state index in [1.54, 1.807) is 6.33 Å². The molecule has 0 atom stereocenters. The molecule has 19 heavy (non-hydrogen) atoms. The fraction of sp³-hybridized carbons (Fsp3) is 0.385. The first-order chi connectivity index (χ1) is 9.28. The van der Waals surface area contributed by atoms with Crippen LogP contribution in [-0.4, -0.2) is 27.9 Å². The van der Waals surface area contributed by atoms with Crippen molar-refractivity contribution in [3.05, 3.63) is 40.4 Å². The normalized spacial score (nSPS) is 14.5. The van der Waals surface area contributed by atoms with E-state index in [1.165, 1.54) is 11.3 Å². The summed E-state index contributed by atoms with van der Waals surface area (Å²) in [6.07, 6.45) is 2.70. The van der Waals surface area contributed by atoms with Crippen LogP contribution >= 0.6 is 15.9 Å². The Bertz CT molecular complexity index is 580. The smallest absolute Gasteiger partial charge is 0.152 e. The van der Waals surface area contributed by atoms with Crippen LogP contribution in [0.25, 0.3) is 0 Å². The van der Waals surface area contributed by atoms with Gasteiger partial charge in [-0.1, -0.05) is 22.0 Å². The molecule has 0 radical (unpaired) electrons. The van der Waals surface area contributed by atoms with Crippen LogP contribution in [0, 0.1) is 0 Å². The van der Waals surface area contributed by atoms with Gasteiger partial charge < -0.3 is 15.2 Å². The highest BCUT2D eigenvalue weighted by atomic mass is 79.9. The third kappa shape index (κ3) is 2.50. The Morgan fingerprint density at radius 2 is 2.21 bits per heavy atom. The van der Waals surface area contributed by atoms with Crippen LogP contribution in [0.4, 0.5) is 5.69 Å². The summed E-state index contributed by atoms with van der Waals surface area (Å²) in [5.74, 6) is 1.02. The molecule has 100 valence electrons. The average molecular weight is 322 g/mol. The van der Waals surface area contributed by atoms with Crippen LogP contribution in [0.2, 0.25) is 0 Å². The summed E-state index contributed by atoms with van der Waals surface area (Å²) in [7, 11) is 0. The largest absolute Gasteiger partial charge is 0.362 e. The Hall–Kier alpha value is -1.40. The van der Waals surface area contributed by atoms with E-state index < -0.39 is 0 Å².